The van der Waals surface area contributed by atoms with Crippen LogP contribution in [0.2, 0.25) is 0 Å². The fourth-order valence-corrected chi connectivity index (χ4v) is 3.81. The van der Waals surface area contributed by atoms with E-state index >= 15 is 0 Å². The van der Waals surface area contributed by atoms with Gasteiger partial charge in [0.15, 0.2) is 17.3 Å². The van der Waals surface area contributed by atoms with Gasteiger partial charge in [0.2, 0.25) is 6.79 Å². The molecule has 1 aromatic heterocycles. The Labute approximate surface area is 180 Å². The van der Waals surface area contributed by atoms with Gasteiger partial charge in [-0.15, -0.1) is 10.2 Å². The second-order valence-electron chi connectivity index (χ2n) is 7.56. The van der Waals surface area contributed by atoms with E-state index in [1.807, 2.05) is 30.3 Å². The van der Waals surface area contributed by atoms with Crippen molar-refractivity contribution in [1.29, 1.82) is 0 Å². The Morgan fingerprint density at radius 2 is 1.74 bits per heavy atom. The first-order valence-electron chi connectivity index (χ1n) is 10.3. The van der Waals surface area contributed by atoms with Gasteiger partial charge in [0.1, 0.15) is 0 Å². The second-order valence-corrected chi connectivity index (χ2v) is 7.56. The lowest BCUT2D eigenvalue weighted by Gasteiger charge is -2.35. The number of hydrogen-bond acceptors (Lipinski definition) is 6. The number of aryl methyl sites for hydroxylation is 1. The standard InChI is InChI=1S/C23H23N5O3/c1-16-4-2-3-5-18(16)19-7-9-22(26-25-19)27-10-12-28(13-11-27)23(29)24-17-6-8-20-21(14-17)31-15-30-20/h2-9,14H,10-13,15H2,1H3,(H,24,29). The van der Waals surface area contributed by atoms with Crippen LogP contribution >= 0.6 is 0 Å². The van der Waals surface area contributed by atoms with E-state index in [0.717, 1.165) is 17.1 Å². The third-order valence-corrected chi connectivity index (χ3v) is 5.59. The number of fused-ring (bicyclic) bond motifs is 1. The Hall–Kier alpha value is -3.81. The highest BCUT2D eigenvalue weighted by atomic mass is 16.7. The summed E-state index contributed by atoms with van der Waals surface area (Å²) in [6, 6.07) is 17.4. The van der Waals surface area contributed by atoms with Crippen LogP contribution < -0.4 is 19.7 Å². The fourth-order valence-electron chi connectivity index (χ4n) is 3.81. The third kappa shape index (κ3) is 3.96. The van der Waals surface area contributed by atoms with Crippen LogP contribution in [0.3, 0.4) is 0 Å². The maximum absolute atomic E-state index is 12.6. The van der Waals surface area contributed by atoms with Crippen molar-refractivity contribution in [3.8, 4) is 22.8 Å². The lowest BCUT2D eigenvalue weighted by atomic mass is 10.1. The number of amides is 2. The normalized spacial score (nSPS) is 15.1. The Morgan fingerprint density at radius 1 is 0.935 bits per heavy atom. The summed E-state index contributed by atoms with van der Waals surface area (Å²) in [4.78, 5) is 16.6. The molecule has 0 bridgehead atoms. The van der Waals surface area contributed by atoms with Crippen molar-refractivity contribution in [3.05, 3.63) is 60.2 Å². The van der Waals surface area contributed by atoms with E-state index in [9.17, 15) is 4.79 Å². The molecule has 1 saturated heterocycles. The molecule has 0 aliphatic carbocycles. The molecular weight excluding hydrogens is 394 g/mol. The summed E-state index contributed by atoms with van der Waals surface area (Å²) < 4.78 is 10.7. The van der Waals surface area contributed by atoms with Crippen LogP contribution in [0.4, 0.5) is 16.3 Å². The number of aromatic nitrogens is 2. The average Bonchev–Trinajstić information content (AvgIpc) is 3.28. The summed E-state index contributed by atoms with van der Waals surface area (Å²) in [5.41, 5.74) is 3.82. The molecule has 3 aromatic rings. The molecule has 8 heteroatoms. The van der Waals surface area contributed by atoms with E-state index in [2.05, 4.69) is 39.5 Å². The highest BCUT2D eigenvalue weighted by molar-refractivity contribution is 5.90. The Kier molecular flexibility index (Phi) is 5.03. The van der Waals surface area contributed by atoms with Crippen LogP contribution in [0.15, 0.2) is 54.6 Å². The second kappa shape index (κ2) is 8.14. The third-order valence-electron chi connectivity index (χ3n) is 5.59. The molecule has 8 nitrogen and oxygen atoms in total. The van der Waals surface area contributed by atoms with Crippen LogP contribution in [0.25, 0.3) is 11.3 Å². The largest absolute Gasteiger partial charge is 0.454 e. The van der Waals surface area contributed by atoms with E-state index in [1.54, 1.807) is 17.0 Å². The van der Waals surface area contributed by atoms with Gasteiger partial charge in [-0.3, -0.25) is 0 Å². The highest BCUT2D eigenvalue weighted by Gasteiger charge is 2.23. The zero-order valence-electron chi connectivity index (χ0n) is 17.2. The van der Waals surface area contributed by atoms with Gasteiger partial charge in [0, 0.05) is 43.5 Å². The van der Waals surface area contributed by atoms with Crippen molar-refractivity contribution in [2.75, 3.05) is 43.2 Å². The number of hydrogen-bond donors (Lipinski definition) is 1. The van der Waals surface area contributed by atoms with Crippen molar-refractivity contribution >= 4 is 17.5 Å². The number of carbonyl (C=O) groups is 1. The van der Waals surface area contributed by atoms with Gasteiger partial charge in [0.05, 0.1) is 5.69 Å². The molecule has 3 heterocycles. The van der Waals surface area contributed by atoms with Crippen molar-refractivity contribution in [1.82, 2.24) is 15.1 Å². The van der Waals surface area contributed by atoms with Crippen LogP contribution in [0, 0.1) is 6.92 Å². The van der Waals surface area contributed by atoms with Crippen LogP contribution in [-0.4, -0.2) is 54.1 Å². The summed E-state index contributed by atoms with van der Waals surface area (Å²) in [6.45, 7) is 4.90. The summed E-state index contributed by atoms with van der Waals surface area (Å²) in [6.07, 6.45) is 0. The number of urea groups is 1. The zero-order valence-corrected chi connectivity index (χ0v) is 17.2. The first-order valence-corrected chi connectivity index (χ1v) is 10.3. The molecule has 1 N–H and O–H groups in total. The average molecular weight is 417 g/mol. The molecule has 0 spiro atoms. The van der Waals surface area contributed by atoms with Gasteiger partial charge in [-0.25, -0.2) is 4.79 Å². The van der Waals surface area contributed by atoms with Gasteiger partial charge in [-0.1, -0.05) is 24.3 Å². The van der Waals surface area contributed by atoms with Crippen molar-refractivity contribution in [2.45, 2.75) is 6.92 Å². The molecule has 2 aliphatic heterocycles. The minimum absolute atomic E-state index is 0.125. The van der Waals surface area contributed by atoms with Gasteiger partial charge in [-0.2, -0.15) is 0 Å². The predicted octanol–water partition coefficient (Wildman–Crippen LogP) is 3.53. The molecule has 2 amide bonds. The Balaban J connectivity index is 1.18. The van der Waals surface area contributed by atoms with E-state index in [4.69, 9.17) is 9.47 Å². The first-order chi connectivity index (χ1) is 15.2. The minimum Gasteiger partial charge on any atom is -0.454 e. The molecule has 2 aliphatic rings. The van der Waals surface area contributed by atoms with Crippen molar-refractivity contribution in [2.24, 2.45) is 0 Å². The van der Waals surface area contributed by atoms with Gasteiger partial charge in [-0.05, 0) is 36.8 Å². The quantitative estimate of drug-likeness (QED) is 0.702. The monoisotopic (exact) mass is 417 g/mol. The maximum Gasteiger partial charge on any atom is 0.321 e. The Bertz CT molecular complexity index is 1090. The maximum atomic E-state index is 12.6. The van der Waals surface area contributed by atoms with Crippen LogP contribution in [-0.2, 0) is 0 Å². The number of piperazine rings is 1. The minimum atomic E-state index is -0.125. The first kappa shape index (κ1) is 19.2. The number of rotatable bonds is 3. The van der Waals surface area contributed by atoms with Crippen molar-refractivity contribution in [3.63, 3.8) is 0 Å². The topological polar surface area (TPSA) is 79.8 Å². The van der Waals surface area contributed by atoms with Crippen molar-refractivity contribution < 1.29 is 14.3 Å². The van der Waals surface area contributed by atoms with Gasteiger partial charge in [0.25, 0.3) is 0 Å². The number of carbonyl (C=O) groups excluding carboxylic acids is 1. The molecular formula is C23H23N5O3. The number of ether oxygens (including phenoxy) is 2. The molecule has 0 radical (unpaired) electrons. The van der Waals surface area contributed by atoms with Crippen LogP contribution in [0.5, 0.6) is 11.5 Å². The molecule has 0 atom stereocenters. The predicted molar refractivity (Wildman–Crippen MR) is 118 cm³/mol. The van der Waals surface area contributed by atoms with E-state index in [0.29, 0.717) is 43.4 Å². The summed E-state index contributed by atoms with van der Waals surface area (Å²) >= 11 is 0. The van der Waals surface area contributed by atoms with E-state index in [1.165, 1.54) is 5.56 Å². The lowest BCUT2D eigenvalue weighted by molar-refractivity contribution is 0.174. The van der Waals surface area contributed by atoms with Gasteiger partial charge >= 0.3 is 6.03 Å². The molecule has 0 saturated carbocycles. The highest BCUT2D eigenvalue weighted by Crippen LogP contribution is 2.34. The Morgan fingerprint density at radius 3 is 2.52 bits per heavy atom. The zero-order chi connectivity index (χ0) is 21.2. The summed E-state index contributed by atoms with van der Waals surface area (Å²) in [5.74, 6) is 2.17. The number of benzene rings is 2. The number of nitrogens with zero attached hydrogens (tertiary/aromatic N) is 4. The SMILES string of the molecule is Cc1ccccc1-c1ccc(N2CCN(C(=O)Nc3ccc4c(c3)OCO4)CC2)nn1. The number of nitrogens with one attached hydrogen (secondary N) is 1. The smallest absolute Gasteiger partial charge is 0.321 e. The summed E-state index contributed by atoms with van der Waals surface area (Å²) in [5, 5.41) is 11.8. The molecule has 5 rings (SSSR count). The van der Waals surface area contributed by atoms with Gasteiger partial charge < -0.3 is 24.6 Å². The van der Waals surface area contributed by atoms with Crippen LogP contribution in [0.1, 0.15) is 5.56 Å². The fraction of sp³-hybridized carbons (Fsp3) is 0.261. The summed E-state index contributed by atoms with van der Waals surface area (Å²) in [7, 11) is 0. The molecule has 1 fully saturated rings. The molecule has 2 aromatic carbocycles. The molecule has 158 valence electrons. The van der Waals surface area contributed by atoms with E-state index < -0.39 is 0 Å². The number of anilines is 2. The lowest BCUT2D eigenvalue weighted by Crippen LogP contribution is -2.50. The molecule has 0 unspecified atom stereocenters. The molecule has 31 heavy (non-hydrogen) atoms. The van der Waals surface area contributed by atoms with E-state index in [-0.39, 0.29) is 12.8 Å².